The number of imidazole rings is 1. The van der Waals surface area contributed by atoms with Gasteiger partial charge in [0, 0.05) is 37.4 Å². The number of halogens is 1. The minimum absolute atomic E-state index is 0.145. The average molecular weight is 439 g/mol. The van der Waals surface area contributed by atoms with Gasteiger partial charge in [0.05, 0.1) is 31.0 Å². The van der Waals surface area contributed by atoms with Crippen molar-refractivity contribution in [2.75, 3.05) is 18.0 Å². The van der Waals surface area contributed by atoms with E-state index < -0.39 is 18.0 Å². The van der Waals surface area contributed by atoms with Gasteiger partial charge in [-0.1, -0.05) is 0 Å². The summed E-state index contributed by atoms with van der Waals surface area (Å²) in [4.78, 5) is 40.1. The molecule has 3 amide bonds. The highest BCUT2D eigenvalue weighted by molar-refractivity contribution is 5.90. The lowest BCUT2D eigenvalue weighted by Gasteiger charge is -2.14. The van der Waals surface area contributed by atoms with Crippen LogP contribution in [0.5, 0.6) is 0 Å². The van der Waals surface area contributed by atoms with E-state index in [1.165, 1.54) is 24.8 Å². The molecule has 9 nitrogen and oxygen atoms in total. The van der Waals surface area contributed by atoms with Crippen LogP contribution in [-0.2, 0) is 20.9 Å². The van der Waals surface area contributed by atoms with Crippen molar-refractivity contribution < 1.29 is 23.5 Å². The molecule has 1 aromatic carbocycles. The predicted molar refractivity (Wildman–Crippen MR) is 114 cm³/mol. The van der Waals surface area contributed by atoms with Crippen molar-refractivity contribution in [3.8, 4) is 11.1 Å². The smallest absolute Gasteiger partial charge is 0.414 e. The number of hydrogen-bond acceptors (Lipinski definition) is 5. The van der Waals surface area contributed by atoms with E-state index in [1.807, 2.05) is 0 Å². The topological polar surface area (TPSA) is 105 Å². The molecule has 0 radical (unpaired) electrons. The van der Waals surface area contributed by atoms with Crippen LogP contribution in [0.4, 0.5) is 14.9 Å². The standard InChI is InChI=1S/C22H22FN5O4/c1-13(29)24-8-16-11-27-10-15(3-6-21(27)26-16)19-5-4-17(7-20(19)23)28-12-18(32-22(28)31)9-25-14(2)30/h3-7,10-11,18H,8-9,12H2,1-2H3,(H,24,29)(H,25,30)/t18-/m0/s1. The first-order valence-electron chi connectivity index (χ1n) is 10.0. The number of nitrogens with one attached hydrogen (secondary N) is 2. The molecule has 1 fully saturated rings. The summed E-state index contributed by atoms with van der Waals surface area (Å²) in [5.74, 6) is -0.848. The van der Waals surface area contributed by atoms with Crippen LogP contribution >= 0.6 is 0 Å². The molecule has 4 rings (SSSR count). The maximum atomic E-state index is 15.0. The third-order valence-corrected chi connectivity index (χ3v) is 5.05. The maximum Gasteiger partial charge on any atom is 0.414 e. The third kappa shape index (κ3) is 4.53. The summed E-state index contributed by atoms with van der Waals surface area (Å²) in [5, 5.41) is 5.30. The molecule has 3 aromatic rings. The lowest BCUT2D eigenvalue weighted by atomic mass is 10.1. The first-order chi connectivity index (χ1) is 15.3. The van der Waals surface area contributed by atoms with Crippen molar-refractivity contribution in [1.29, 1.82) is 0 Å². The van der Waals surface area contributed by atoms with Crippen molar-refractivity contribution in [3.05, 3.63) is 54.2 Å². The van der Waals surface area contributed by atoms with E-state index in [2.05, 4.69) is 15.6 Å². The summed E-state index contributed by atoms with van der Waals surface area (Å²) < 4.78 is 22.0. The Balaban J connectivity index is 1.53. The molecule has 166 valence electrons. The van der Waals surface area contributed by atoms with Gasteiger partial charge in [0.15, 0.2) is 0 Å². The fourth-order valence-corrected chi connectivity index (χ4v) is 3.51. The number of anilines is 1. The molecule has 0 bridgehead atoms. The zero-order valence-electron chi connectivity index (χ0n) is 17.6. The zero-order chi connectivity index (χ0) is 22.8. The molecule has 10 heteroatoms. The lowest BCUT2D eigenvalue weighted by molar-refractivity contribution is -0.120. The first kappa shape index (κ1) is 21.3. The lowest BCUT2D eigenvalue weighted by Crippen LogP contribution is -2.33. The first-order valence-corrected chi connectivity index (χ1v) is 10.0. The van der Waals surface area contributed by atoms with Gasteiger partial charge in [-0.25, -0.2) is 14.2 Å². The second-order valence-electron chi connectivity index (χ2n) is 7.54. The van der Waals surface area contributed by atoms with E-state index in [1.54, 1.807) is 41.1 Å². The molecule has 3 heterocycles. The molecule has 2 aromatic heterocycles. The van der Waals surface area contributed by atoms with Crippen molar-refractivity contribution in [2.45, 2.75) is 26.5 Å². The van der Waals surface area contributed by atoms with E-state index in [4.69, 9.17) is 4.74 Å². The summed E-state index contributed by atoms with van der Waals surface area (Å²) in [6.45, 7) is 3.55. The number of carbonyl (C=O) groups excluding carboxylic acids is 3. The Hall–Kier alpha value is -3.95. The van der Waals surface area contributed by atoms with E-state index in [0.29, 0.717) is 34.7 Å². The quantitative estimate of drug-likeness (QED) is 0.613. The van der Waals surface area contributed by atoms with Crippen LogP contribution in [0.1, 0.15) is 19.5 Å². The van der Waals surface area contributed by atoms with Gasteiger partial charge in [-0.3, -0.25) is 14.5 Å². The molecule has 1 atom stereocenters. The van der Waals surface area contributed by atoms with Crippen LogP contribution in [-0.4, -0.2) is 46.5 Å². The summed E-state index contributed by atoms with van der Waals surface area (Å²) in [6.07, 6.45) is 2.45. The highest BCUT2D eigenvalue weighted by Crippen LogP contribution is 2.29. The molecular weight excluding hydrogens is 417 g/mol. The van der Waals surface area contributed by atoms with Gasteiger partial charge in [0.2, 0.25) is 11.8 Å². The second-order valence-corrected chi connectivity index (χ2v) is 7.54. The SMILES string of the molecule is CC(=O)NCc1cn2cc(-c3ccc(N4C[C@H](CNC(C)=O)OC4=O)cc3F)ccc2n1. The van der Waals surface area contributed by atoms with Crippen molar-refractivity contribution in [3.63, 3.8) is 0 Å². The molecule has 0 spiro atoms. The summed E-state index contributed by atoms with van der Waals surface area (Å²) in [7, 11) is 0. The van der Waals surface area contributed by atoms with Crippen LogP contribution in [0.25, 0.3) is 16.8 Å². The number of rotatable bonds is 6. The van der Waals surface area contributed by atoms with Crippen LogP contribution in [0.15, 0.2) is 42.7 Å². The number of fused-ring (bicyclic) bond motifs is 1. The van der Waals surface area contributed by atoms with Crippen LogP contribution in [0.3, 0.4) is 0 Å². The monoisotopic (exact) mass is 439 g/mol. The Bertz CT molecular complexity index is 1210. The van der Waals surface area contributed by atoms with Crippen molar-refractivity contribution in [2.24, 2.45) is 0 Å². The number of pyridine rings is 1. The summed E-state index contributed by atoms with van der Waals surface area (Å²) in [5.41, 5.74) is 2.75. The van der Waals surface area contributed by atoms with Gasteiger partial charge in [-0.15, -0.1) is 0 Å². The molecule has 1 aliphatic heterocycles. The van der Waals surface area contributed by atoms with E-state index in [-0.39, 0.29) is 24.9 Å². The fourth-order valence-electron chi connectivity index (χ4n) is 3.51. The number of ether oxygens (including phenoxy) is 1. The van der Waals surface area contributed by atoms with Gasteiger partial charge in [-0.2, -0.15) is 0 Å². The minimum Gasteiger partial charge on any atom is -0.442 e. The number of carbonyl (C=O) groups is 3. The Labute approximate surface area is 183 Å². The molecule has 0 aliphatic carbocycles. The summed E-state index contributed by atoms with van der Waals surface area (Å²) >= 11 is 0. The number of aromatic nitrogens is 2. The number of hydrogen-bond donors (Lipinski definition) is 2. The van der Waals surface area contributed by atoms with Gasteiger partial charge < -0.3 is 19.8 Å². The van der Waals surface area contributed by atoms with Gasteiger partial charge in [0.1, 0.15) is 17.6 Å². The van der Waals surface area contributed by atoms with Gasteiger partial charge in [0.25, 0.3) is 0 Å². The van der Waals surface area contributed by atoms with Gasteiger partial charge >= 0.3 is 6.09 Å². The van der Waals surface area contributed by atoms with E-state index in [0.717, 1.165) is 0 Å². The van der Waals surface area contributed by atoms with Crippen LogP contribution < -0.4 is 15.5 Å². The van der Waals surface area contributed by atoms with E-state index >= 15 is 0 Å². The highest BCUT2D eigenvalue weighted by atomic mass is 19.1. The Morgan fingerprint density at radius 1 is 1.16 bits per heavy atom. The molecule has 32 heavy (non-hydrogen) atoms. The Morgan fingerprint density at radius 3 is 2.66 bits per heavy atom. The number of amides is 3. The highest BCUT2D eigenvalue weighted by Gasteiger charge is 2.32. The molecule has 0 saturated carbocycles. The molecular formula is C22H22FN5O4. The Morgan fingerprint density at radius 2 is 1.94 bits per heavy atom. The largest absolute Gasteiger partial charge is 0.442 e. The normalized spacial score (nSPS) is 15.7. The fraction of sp³-hybridized carbons (Fsp3) is 0.273. The number of benzene rings is 1. The molecule has 0 unspecified atom stereocenters. The maximum absolute atomic E-state index is 15.0. The Kier molecular flexibility index (Phi) is 5.76. The molecule has 1 aliphatic rings. The number of nitrogens with zero attached hydrogens (tertiary/aromatic N) is 3. The van der Waals surface area contributed by atoms with Crippen LogP contribution in [0.2, 0.25) is 0 Å². The van der Waals surface area contributed by atoms with Crippen molar-refractivity contribution in [1.82, 2.24) is 20.0 Å². The van der Waals surface area contributed by atoms with Crippen LogP contribution in [0, 0.1) is 5.82 Å². The summed E-state index contributed by atoms with van der Waals surface area (Å²) in [6, 6.07) is 8.08. The third-order valence-electron chi connectivity index (χ3n) is 5.05. The van der Waals surface area contributed by atoms with Gasteiger partial charge in [-0.05, 0) is 30.3 Å². The second kappa shape index (κ2) is 8.66. The number of cyclic esters (lactones) is 1. The predicted octanol–water partition coefficient (Wildman–Crippen LogP) is 2.24. The minimum atomic E-state index is -0.584. The molecule has 2 N–H and O–H groups in total. The van der Waals surface area contributed by atoms with E-state index in [9.17, 15) is 18.8 Å². The molecule has 1 saturated heterocycles. The van der Waals surface area contributed by atoms with Crippen molar-refractivity contribution >= 4 is 29.2 Å². The zero-order valence-corrected chi connectivity index (χ0v) is 17.6. The average Bonchev–Trinajstić information content (AvgIpc) is 3.32.